The third kappa shape index (κ3) is 3.66. The van der Waals surface area contributed by atoms with E-state index in [4.69, 9.17) is 5.73 Å². The topological polar surface area (TPSA) is 55.1 Å². The van der Waals surface area contributed by atoms with E-state index in [2.05, 4.69) is 19.2 Å². The van der Waals surface area contributed by atoms with Gasteiger partial charge < -0.3 is 11.1 Å². The molecule has 0 spiro atoms. The van der Waals surface area contributed by atoms with Crippen molar-refractivity contribution in [3.05, 3.63) is 0 Å². The number of rotatable bonds is 4. The normalized spacial score (nSPS) is 26.9. The highest BCUT2D eigenvalue weighted by Crippen LogP contribution is 2.24. The quantitative estimate of drug-likeness (QED) is 0.715. The molecule has 0 aromatic heterocycles. The Morgan fingerprint density at radius 2 is 2.21 bits per heavy atom. The van der Waals surface area contributed by atoms with Crippen molar-refractivity contribution in [1.82, 2.24) is 5.32 Å². The summed E-state index contributed by atoms with van der Waals surface area (Å²) in [5.41, 5.74) is 5.59. The number of amides is 1. The summed E-state index contributed by atoms with van der Waals surface area (Å²) >= 11 is 0. The molecule has 3 nitrogen and oxygen atoms in total. The first-order chi connectivity index (χ1) is 6.61. The Kier molecular flexibility index (Phi) is 4.39. The largest absolute Gasteiger partial charge is 0.353 e. The third-order valence-electron chi connectivity index (χ3n) is 2.83. The van der Waals surface area contributed by atoms with Crippen LogP contribution < -0.4 is 11.1 Å². The number of nitrogens with one attached hydrogen (secondary N) is 1. The number of hydrogen-bond acceptors (Lipinski definition) is 2. The van der Waals surface area contributed by atoms with Crippen LogP contribution in [0.15, 0.2) is 0 Å². The average molecular weight is 198 g/mol. The Morgan fingerprint density at radius 3 is 2.71 bits per heavy atom. The Bertz CT molecular complexity index is 192. The molecule has 1 aliphatic rings. The van der Waals surface area contributed by atoms with Gasteiger partial charge in [-0.2, -0.15) is 0 Å². The van der Waals surface area contributed by atoms with Crippen molar-refractivity contribution in [2.75, 3.05) is 6.54 Å². The lowest BCUT2D eigenvalue weighted by molar-refractivity contribution is -0.122. The molecule has 0 saturated heterocycles. The van der Waals surface area contributed by atoms with Gasteiger partial charge in [-0.3, -0.25) is 4.79 Å². The second-order valence-corrected chi connectivity index (χ2v) is 4.78. The van der Waals surface area contributed by atoms with Crippen LogP contribution in [0.3, 0.4) is 0 Å². The fraction of sp³-hybridized carbons (Fsp3) is 0.909. The Labute approximate surface area is 86.4 Å². The van der Waals surface area contributed by atoms with Crippen molar-refractivity contribution >= 4 is 5.91 Å². The maximum absolute atomic E-state index is 11.5. The summed E-state index contributed by atoms with van der Waals surface area (Å²) < 4.78 is 0. The van der Waals surface area contributed by atoms with Gasteiger partial charge in [-0.15, -0.1) is 0 Å². The van der Waals surface area contributed by atoms with E-state index in [1.807, 2.05) is 0 Å². The second-order valence-electron chi connectivity index (χ2n) is 4.78. The van der Waals surface area contributed by atoms with Crippen molar-refractivity contribution < 1.29 is 4.79 Å². The minimum atomic E-state index is 0.197. The molecular weight excluding hydrogens is 176 g/mol. The van der Waals surface area contributed by atoms with E-state index in [1.54, 1.807) is 0 Å². The maximum atomic E-state index is 11.5. The van der Waals surface area contributed by atoms with Gasteiger partial charge in [0.2, 0.25) is 5.91 Å². The molecule has 3 N–H and O–H groups in total. The van der Waals surface area contributed by atoms with Gasteiger partial charge in [0.05, 0.1) is 0 Å². The third-order valence-corrected chi connectivity index (χ3v) is 2.83. The van der Waals surface area contributed by atoms with Gasteiger partial charge in [-0.1, -0.05) is 13.8 Å². The van der Waals surface area contributed by atoms with E-state index >= 15 is 0 Å². The fourth-order valence-electron chi connectivity index (χ4n) is 2.08. The SMILES string of the molecule is CC(C)CC(=O)N[C@@H]1CC[C@H](CN)C1. The molecule has 14 heavy (non-hydrogen) atoms. The van der Waals surface area contributed by atoms with E-state index < -0.39 is 0 Å². The zero-order valence-electron chi connectivity index (χ0n) is 9.25. The Morgan fingerprint density at radius 1 is 1.50 bits per heavy atom. The average Bonchev–Trinajstić information content (AvgIpc) is 2.50. The molecule has 82 valence electrons. The van der Waals surface area contributed by atoms with Gasteiger partial charge >= 0.3 is 0 Å². The predicted molar refractivity (Wildman–Crippen MR) is 57.8 cm³/mol. The van der Waals surface area contributed by atoms with Gasteiger partial charge in [-0.25, -0.2) is 0 Å². The van der Waals surface area contributed by atoms with Gasteiger partial charge in [-0.05, 0) is 37.6 Å². The summed E-state index contributed by atoms with van der Waals surface area (Å²) in [6.07, 6.45) is 3.99. The summed E-state index contributed by atoms with van der Waals surface area (Å²) in [6, 6.07) is 0.384. The number of carbonyl (C=O) groups is 1. The zero-order chi connectivity index (χ0) is 10.6. The number of carbonyl (C=O) groups excluding carboxylic acids is 1. The van der Waals surface area contributed by atoms with Crippen LogP contribution in [-0.2, 0) is 4.79 Å². The van der Waals surface area contributed by atoms with Crippen LogP contribution in [0.1, 0.15) is 39.5 Å². The van der Waals surface area contributed by atoms with Crippen LogP contribution in [0.5, 0.6) is 0 Å². The summed E-state index contributed by atoms with van der Waals surface area (Å²) in [5.74, 6) is 1.27. The van der Waals surface area contributed by atoms with Crippen molar-refractivity contribution in [1.29, 1.82) is 0 Å². The molecule has 1 aliphatic carbocycles. The van der Waals surface area contributed by atoms with Crippen molar-refractivity contribution in [2.24, 2.45) is 17.6 Å². The highest BCUT2D eigenvalue weighted by molar-refractivity contribution is 5.76. The fourth-order valence-corrected chi connectivity index (χ4v) is 2.08. The molecule has 0 aromatic rings. The lowest BCUT2D eigenvalue weighted by Gasteiger charge is -2.13. The van der Waals surface area contributed by atoms with Crippen LogP contribution in [0, 0.1) is 11.8 Å². The lowest BCUT2D eigenvalue weighted by atomic mass is 10.1. The van der Waals surface area contributed by atoms with Crippen molar-refractivity contribution in [3.63, 3.8) is 0 Å². The molecule has 0 aliphatic heterocycles. The first kappa shape index (κ1) is 11.5. The first-order valence-electron chi connectivity index (χ1n) is 5.61. The molecule has 0 bridgehead atoms. The van der Waals surface area contributed by atoms with Crippen LogP contribution in [-0.4, -0.2) is 18.5 Å². The minimum absolute atomic E-state index is 0.197. The van der Waals surface area contributed by atoms with Gasteiger partial charge in [0.1, 0.15) is 0 Å². The molecule has 0 radical (unpaired) electrons. The highest BCUT2D eigenvalue weighted by Gasteiger charge is 2.24. The maximum Gasteiger partial charge on any atom is 0.220 e. The van der Waals surface area contributed by atoms with E-state index in [1.165, 1.54) is 6.42 Å². The smallest absolute Gasteiger partial charge is 0.220 e. The van der Waals surface area contributed by atoms with Gasteiger partial charge in [0, 0.05) is 12.5 Å². The number of nitrogens with two attached hydrogens (primary N) is 1. The summed E-state index contributed by atoms with van der Waals surface area (Å²) in [6.45, 7) is 4.89. The van der Waals surface area contributed by atoms with Crippen molar-refractivity contribution in [2.45, 2.75) is 45.6 Å². The van der Waals surface area contributed by atoms with E-state index in [-0.39, 0.29) is 5.91 Å². The molecular formula is C11H22N2O. The molecule has 0 aromatic carbocycles. The Hall–Kier alpha value is -0.570. The summed E-state index contributed by atoms with van der Waals surface area (Å²) in [4.78, 5) is 11.5. The Balaban J connectivity index is 2.22. The van der Waals surface area contributed by atoms with Crippen LogP contribution in [0.2, 0.25) is 0 Å². The van der Waals surface area contributed by atoms with Crippen LogP contribution in [0.25, 0.3) is 0 Å². The van der Waals surface area contributed by atoms with Gasteiger partial charge in [0.15, 0.2) is 0 Å². The molecule has 1 amide bonds. The first-order valence-corrected chi connectivity index (χ1v) is 5.61. The van der Waals surface area contributed by atoms with E-state index in [0.717, 1.165) is 19.4 Å². The molecule has 1 saturated carbocycles. The van der Waals surface area contributed by atoms with Crippen molar-refractivity contribution in [3.8, 4) is 0 Å². The van der Waals surface area contributed by atoms with Crippen LogP contribution >= 0.6 is 0 Å². The minimum Gasteiger partial charge on any atom is -0.353 e. The van der Waals surface area contributed by atoms with Gasteiger partial charge in [0.25, 0.3) is 0 Å². The lowest BCUT2D eigenvalue weighted by Crippen LogP contribution is -2.33. The van der Waals surface area contributed by atoms with E-state index in [0.29, 0.717) is 24.3 Å². The number of hydrogen-bond donors (Lipinski definition) is 2. The molecule has 2 atom stereocenters. The summed E-state index contributed by atoms with van der Waals surface area (Å²) in [7, 11) is 0. The monoisotopic (exact) mass is 198 g/mol. The molecule has 0 heterocycles. The molecule has 1 rings (SSSR count). The predicted octanol–water partition coefficient (Wildman–Crippen LogP) is 1.28. The highest BCUT2D eigenvalue weighted by atomic mass is 16.1. The van der Waals surface area contributed by atoms with Crippen LogP contribution in [0.4, 0.5) is 0 Å². The second kappa shape index (κ2) is 5.35. The standard InChI is InChI=1S/C11H22N2O/c1-8(2)5-11(14)13-10-4-3-9(6-10)7-12/h8-10H,3-7,12H2,1-2H3,(H,13,14)/t9-,10+/m0/s1. The van der Waals surface area contributed by atoms with E-state index in [9.17, 15) is 4.79 Å². The molecule has 0 unspecified atom stereocenters. The molecule has 3 heteroatoms. The zero-order valence-corrected chi connectivity index (χ0v) is 9.25. The summed E-state index contributed by atoms with van der Waals surface area (Å²) in [5, 5.41) is 3.08. The molecule has 1 fully saturated rings.